The third-order valence-electron chi connectivity index (χ3n) is 2.65. The summed E-state index contributed by atoms with van der Waals surface area (Å²) in [4.78, 5) is 0. The number of ether oxygens (including phenoxy) is 3. The van der Waals surface area contributed by atoms with Crippen LogP contribution in [0, 0.1) is 0 Å². The first-order chi connectivity index (χ1) is 7.19. The Morgan fingerprint density at radius 1 is 1.40 bits per heavy atom. The van der Waals surface area contributed by atoms with Gasteiger partial charge < -0.3 is 14.2 Å². The molecule has 1 atom stereocenters. The molecule has 0 N–H and O–H groups in total. The quantitative estimate of drug-likeness (QED) is 0.711. The van der Waals surface area contributed by atoms with Gasteiger partial charge in [0.1, 0.15) is 5.60 Å². The molecule has 1 aromatic rings. The van der Waals surface area contributed by atoms with Gasteiger partial charge >= 0.3 is 0 Å². The molecule has 1 aliphatic rings. The summed E-state index contributed by atoms with van der Waals surface area (Å²) in [5, 5.41) is 0. The number of rotatable bonds is 4. The average molecular weight is 208 g/mol. The number of hydrogen-bond donors (Lipinski definition) is 0. The normalized spacial score (nSPS) is 23.7. The Morgan fingerprint density at radius 3 is 2.67 bits per heavy atom. The van der Waals surface area contributed by atoms with Gasteiger partial charge in [0.25, 0.3) is 0 Å². The van der Waals surface area contributed by atoms with Gasteiger partial charge in [-0.1, -0.05) is 6.07 Å². The van der Waals surface area contributed by atoms with Crippen LogP contribution in [0.15, 0.2) is 18.2 Å². The molecule has 1 aliphatic heterocycles. The zero-order valence-electron chi connectivity index (χ0n) is 9.37. The zero-order valence-corrected chi connectivity index (χ0v) is 9.37. The molecule has 0 aliphatic carbocycles. The largest absolute Gasteiger partial charge is 0.493 e. The lowest BCUT2D eigenvalue weighted by Gasteiger charge is -2.12. The third kappa shape index (κ3) is 1.92. The Balaban J connectivity index is 2.32. The van der Waals surface area contributed by atoms with Crippen molar-refractivity contribution in [2.45, 2.75) is 19.4 Å². The van der Waals surface area contributed by atoms with E-state index in [1.54, 1.807) is 7.11 Å². The van der Waals surface area contributed by atoms with E-state index < -0.39 is 0 Å². The lowest BCUT2D eigenvalue weighted by atomic mass is 10.0. The highest BCUT2D eigenvalue weighted by Crippen LogP contribution is 2.41. The van der Waals surface area contributed by atoms with Crippen molar-refractivity contribution in [3.8, 4) is 11.5 Å². The highest BCUT2D eigenvalue weighted by molar-refractivity contribution is 5.45. The number of epoxide rings is 1. The van der Waals surface area contributed by atoms with Crippen LogP contribution in [0.5, 0.6) is 11.5 Å². The lowest BCUT2D eigenvalue weighted by Crippen LogP contribution is -2.03. The van der Waals surface area contributed by atoms with Crippen molar-refractivity contribution < 1.29 is 14.2 Å². The van der Waals surface area contributed by atoms with Crippen LogP contribution in [0.4, 0.5) is 0 Å². The van der Waals surface area contributed by atoms with Crippen molar-refractivity contribution in [2.75, 3.05) is 20.3 Å². The fraction of sp³-hybridized carbons (Fsp3) is 0.500. The SMILES string of the molecule is CCOc1cc(C2(C)CO2)ccc1OC. The first kappa shape index (κ1) is 10.3. The molecule has 0 spiro atoms. The summed E-state index contributed by atoms with van der Waals surface area (Å²) in [6, 6.07) is 5.94. The van der Waals surface area contributed by atoms with Crippen molar-refractivity contribution >= 4 is 0 Å². The third-order valence-corrected chi connectivity index (χ3v) is 2.65. The summed E-state index contributed by atoms with van der Waals surface area (Å²) in [6.45, 7) is 5.45. The Labute approximate surface area is 90.0 Å². The van der Waals surface area contributed by atoms with Crippen molar-refractivity contribution in [1.82, 2.24) is 0 Å². The summed E-state index contributed by atoms with van der Waals surface area (Å²) in [5.74, 6) is 1.55. The van der Waals surface area contributed by atoms with E-state index >= 15 is 0 Å². The van der Waals surface area contributed by atoms with E-state index in [1.165, 1.54) is 0 Å². The molecule has 3 heteroatoms. The molecule has 3 nitrogen and oxygen atoms in total. The van der Waals surface area contributed by atoms with E-state index in [0.29, 0.717) is 6.61 Å². The van der Waals surface area contributed by atoms with Gasteiger partial charge in [-0.25, -0.2) is 0 Å². The Bertz CT molecular complexity index is 356. The van der Waals surface area contributed by atoms with Gasteiger partial charge in [0.2, 0.25) is 0 Å². The Hall–Kier alpha value is -1.22. The molecule has 0 amide bonds. The fourth-order valence-electron chi connectivity index (χ4n) is 1.55. The van der Waals surface area contributed by atoms with Crippen molar-refractivity contribution in [2.24, 2.45) is 0 Å². The molecule has 1 saturated heterocycles. The van der Waals surface area contributed by atoms with E-state index in [2.05, 4.69) is 6.92 Å². The number of hydrogen-bond acceptors (Lipinski definition) is 3. The van der Waals surface area contributed by atoms with Gasteiger partial charge in [-0.05, 0) is 31.5 Å². The van der Waals surface area contributed by atoms with Crippen LogP contribution in [0.25, 0.3) is 0 Å². The second kappa shape index (κ2) is 3.74. The minimum absolute atomic E-state index is 0.113. The van der Waals surface area contributed by atoms with Crippen LogP contribution in [0.3, 0.4) is 0 Å². The summed E-state index contributed by atoms with van der Waals surface area (Å²) in [6.07, 6.45) is 0. The van der Waals surface area contributed by atoms with E-state index in [-0.39, 0.29) is 5.60 Å². The minimum atomic E-state index is -0.113. The van der Waals surface area contributed by atoms with Gasteiger partial charge in [-0.2, -0.15) is 0 Å². The van der Waals surface area contributed by atoms with Crippen LogP contribution in [-0.2, 0) is 10.3 Å². The molecule has 2 rings (SSSR count). The maximum Gasteiger partial charge on any atom is 0.161 e. The molecule has 0 bridgehead atoms. The molecule has 0 aromatic heterocycles. The summed E-state index contributed by atoms with van der Waals surface area (Å²) >= 11 is 0. The Morgan fingerprint density at radius 2 is 2.13 bits per heavy atom. The molecule has 1 heterocycles. The fourth-order valence-corrected chi connectivity index (χ4v) is 1.55. The van der Waals surface area contributed by atoms with Crippen LogP contribution >= 0.6 is 0 Å². The predicted molar refractivity (Wildman–Crippen MR) is 57.5 cm³/mol. The van der Waals surface area contributed by atoms with Crippen molar-refractivity contribution in [3.05, 3.63) is 23.8 Å². The molecule has 1 unspecified atom stereocenters. The molecule has 15 heavy (non-hydrogen) atoms. The molecular weight excluding hydrogens is 192 g/mol. The first-order valence-corrected chi connectivity index (χ1v) is 5.15. The van der Waals surface area contributed by atoms with Crippen LogP contribution < -0.4 is 9.47 Å². The first-order valence-electron chi connectivity index (χ1n) is 5.15. The standard InChI is InChI=1S/C12H16O3/c1-4-14-11-7-9(12(2)8-15-12)5-6-10(11)13-3/h5-7H,4,8H2,1-3H3. The molecule has 1 fully saturated rings. The van der Waals surface area contributed by atoms with E-state index in [9.17, 15) is 0 Å². The second-order valence-corrected chi connectivity index (χ2v) is 3.82. The maximum absolute atomic E-state index is 5.51. The average Bonchev–Trinajstić information content (AvgIpc) is 2.98. The van der Waals surface area contributed by atoms with Crippen LogP contribution in [0.1, 0.15) is 19.4 Å². The highest BCUT2D eigenvalue weighted by atomic mass is 16.6. The highest BCUT2D eigenvalue weighted by Gasteiger charge is 2.41. The van der Waals surface area contributed by atoms with Crippen LogP contribution in [-0.4, -0.2) is 20.3 Å². The Kier molecular flexibility index (Phi) is 2.57. The predicted octanol–water partition coefficient (Wildman–Crippen LogP) is 2.34. The van der Waals surface area contributed by atoms with E-state index in [0.717, 1.165) is 23.7 Å². The van der Waals surface area contributed by atoms with Crippen molar-refractivity contribution in [1.29, 1.82) is 0 Å². The van der Waals surface area contributed by atoms with Crippen LogP contribution in [0.2, 0.25) is 0 Å². The molecular formula is C12H16O3. The van der Waals surface area contributed by atoms with Gasteiger partial charge in [0.05, 0.1) is 20.3 Å². The molecule has 0 radical (unpaired) electrons. The zero-order chi connectivity index (χ0) is 10.9. The second-order valence-electron chi connectivity index (χ2n) is 3.82. The molecule has 82 valence electrons. The summed E-state index contributed by atoms with van der Waals surface area (Å²) < 4.78 is 16.1. The molecule has 0 saturated carbocycles. The maximum atomic E-state index is 5.51. The van der Waals surface area contributed by atoms with Gasteiger partial charge in [-0.3, -0.25) is 0 Å². The van der Waals surface area contributed by atoms with Gasteiger partial charge in [0, 0.05) is 0 Å². The van der Waals surface area contributed by atoms with E-state index in [1.807, 2.05) is 25.1 Å². The van der Waals surface area contributed by atoms with Crippen molar-refractivity contribution in [3.63, 3.8) is 0 Å². The molecule has 1 aromatic carbocycles. The lowest BCUT2D eigenvalue weighted by molar-refractivity contribution is 0.304. The van der Waals surface area contributed by atoms with Gasteiger partial charge in [-0.15, -0.1) is 0 Å². The smallest absolute Gasteiger partial charge is 0.161 e. The number of methoxy groups -OCH3 is 1. The summed E-state index contributed by atoms with van der Waals surface area (Å²) in [7, 11) is 1.65. The number of benzene rings is 1. The van der Waals surface area contributed by atoms with E-state index in [4.69, 9.17) is 14.2 Å². The monoisotopic (exact) mass is 208 g/mol. The summed E-state index contributed by atoms with van der Waals surface area (Å²) in [5.41, 5.74) is 1.03. The van der Waals surface area contributed by atoms with Gasteiger partial charge in [0.15, 0.2) is 11.5 Å². The topological polar surface area (TPSA) is 31.0 Å². The minimum Gasteiger partial charge on any atom is -0.493 e.